The summed E-state index contributed by atoms with van der Waals surface area (Å²) in [6.07, 6.45) is 18.3. The van der Waals surface area contributed by atoms with Gasteiger partial charge in [-0.2, -0.15) is 0 Å². The highest BCUT2D eigenvalue weighted by atomic mass is 16.3. The van der Waals surface area contributed by atoms with Crippen LogP contribution in [0.15, 0.2) is 11.6 Å². The number of rotatable bonds is 15. The second kappa shape index (κ2) is 16.7. The Morgan fingerprint density at radius 2 is 1.25 bits per heavy atom. The third-order valence-corrected chi connectivity index (χ3v) is 3.85. The van der Waals surface area contributed by atoms with E-state index in [1.54, 1.807) is 0 Å². The SMILES string of the molecule is CCCCCCCCCCCCC(=CCCO)CCO. The summed E-state index contributed by atoms with van der Waals surface area (Å²) in [6.45, 7) is 2.71. The molecule has 0 saturated carbocycles. The Morgan fingerprint density at radius 3 is 1.75 bits per heavy atom. The van der Waals surface area contributed by atoms with Gasteiger partial charge in [0.15, 0.2) is 0 Å². The predicted molar refractivity (Wildman–Crippen MR) is 87.9 cm³/mol. The van der Waals surface area contributed by atoms with E-state index in [4.69, 9.17) is 10.2 Å². The average molecular weight is 284 g/mol. The topological polar surface area (TPSA) is 40.5 Å². The van der Waals surface area contributed by atoms with Crippen molar-refractivity contribution >= 4 is 0 Å². The quantitative estimate of drug-likeness (QED) is 0.328. The Balaban J connectivity index is 3.36. The smallest absolute Gasteiger partial charge is 0.0468 e. The molecule has 0 bridgehead atoms. The summed E-state index contributed by atoms with van der Waals surface area (Å²) >= 11 is 0. The molecule has 0 fully saturated rings. The fourth-order valence-corrected chi connectivity index (χ4v) is 2.58. The van der Waals surface area contributed by atoms with E-state index < -0.39 is 0 Å². The lowest BCUT2D eigenvalue weighted by Crippen LogP contribution is -1.91. The van der Waals surface area contributed by atoms with Gasteiger partial charge in [0.25, 0.3) is 0 Å². The molecule has 0 amide bonds. The van der Waals surface area contributed by atoms with Crippen molar-refractivity contribution < 1.29 is 10.2 Å². The number of hydrogen-bond donors (Lipinski definition) is 2. The minimum Gasteiger partial charge on any atom is -0.396 e. The first-order valence-electron chi connectivity index (χ1n) is 8.74. The number of aliphatic hydroxyl groups excluding tert-OH is 2. The zero-order valence-corrected chi connectivity index (χ0v) is 13.6. The van der Waals surface area contributed by atoms with E-state index in [0.717, 1.165) is 19.3 Å². The van der Waals surface area contributed by atoms with Gasteiger partial charge in [-0.15, -0.1) is 0 Å². The molecule has 0 aliphatic rings. The maximum Gasteiger partial charge on any atom is 0.0468 e. The summed E-state index contributed by atoms with van der Waals surface area (Å²) in [5.41, 5.74) is 1.32. The number of hydrogen-bond acceptors (Lipinski definition) is 2. The van der Waals surface area contributed by atoms with Crippen LogP contribution in [0.1, 0.15) is 90.4 Å². The molecule has 0 aliphatic heterocycles. The lowest BCUT2D eigenvalue weighted by Gasteiger charge is -2.06. The van der Waals surface area contributed by atoms with Gasteiger partial charge in [-0.1, -0.05) is 76.4 Å². The highest BCUT2D eigenvalue weighted by Gasteiger charge is 1.98. The average Bonchev–Trinajstić information content (AvgIpc) is 2.46. The van der Waals surface area contributed by atoms with Gasteiger partial charge in [0, 0.05) is 13.2 Å². The van der Waals surface area contributed by atoms with Gasteiger partial charge in [0.2, 0.25) is 0 Å². The van der Waals surface area contributed by atoms with Crippen molar-refractivity contribution in [2.45, 2.75) is 90.4 Å². The van der Waals surface area contributed by atoms with Crippen LogP contribution < -0.4 is 0 Å². The van der Waals surface area contributed by atoms with Gasteiger partial charge < -0.3 is 10.2 Å². The third kappa shape index (κ3) is 14.1. The molecule has 20 heavy (non-hydrogen) atoms. The molecule has 2 N–H and O–H groups in total. The van der Waals surface area contributed by atoms with E-state index >= 15 is 0 Å². The Bertz CT molecular complexity index is 211. The third-order valence-electron chi connectivity index (χ3n) is 3.85. The van der Waals surface area contributed by atoms with E-state index in [1.807, 2.05) is 0 Å². The minimum atomic E-state index is 0.215. The number of aliphatic hydroxyl groups is 2. The van der Waals surface area contributed by atoms with Crippen LogP contribution in [0.25, 0.3) is 0 Å². The highest BCUT2D eigenvalue weighted by molar-refractivity contribution is 5.01. The van der Waals surface area contributed by atoms with Crippen molar-refractivity contribution in [1.29, 1.82) is 0 Å². The molecular weight excluding hydrogens is 248 g/mol. The molecular formula is C18H36O2. The molecule has 0 spiro atoms. The molecule has 0 rings (SSSR count). The standard InChI is InChI=1S/C18H36O2/c1-2-3-4-5-6-7-8-9-10-11-13-18(15-17-20)14-12-16-19/h14,19-20H,2-13,15-17H2,1H3. The molecule has 0 unspecified atom stereocenters. The summed E-state index contributed by atoms with van der Waals surface area (Å²) < 4.78 is 0. The first-order valence-corrected chi connectivity index (χ1v) is 8.74. The Kier molecular flexibility index (Phi) is 16.4. The lowest BCUT2D eigenvalue weighted by molar-refractivity contribution is 0.293. The Morgan fingerprint density at radius 1 is 0.700 bits per heavy atom. The predicted octanol–water partition coefficient (Wildman–Crippen LogP) is 4.99. The summed E-state index contributed by atoms with van der Waals surface area (Å²) in [5.74, 6) is 0. The van der Waals surface area contributed by atoms with Crippen molar-refractivity contribution in [3.05, 3.63) is 11.6 Å². The lowest BCUT2D eigenvalue weighted by atomic mass is 10.0. The van der Waals surface area contributed by atoms with Crippen molar-refractivity contribution in [3.63, 3.8) is 0 Å². The monoisotopic (exact) mass is 284 g/mol. The summed E-state index contributed by atoms with van der Waals surface area (Å²) in [7, 11) is 0. The molecule has 0 atom stereocenters. The molecule has 0 aromatic rings. The van der Waals surface area contributed by atoms with E-state index in [2.05, 4.69) is 13.0 Å². The maximum atomic E-state index is 8.99. The summed E-state index contributed by atoms with van der Waals surface area (Å²) in [4.78, 5) is 0. The van der Waals surface area contributed by atoms with Crippen LogP contribution in [-0.2, 0) is 0 Å². The van der Waals surface area contributed by atoms with Crippen LogP contribution in [0, 0.1) is 0 Å². The van der Waals surface area contributed by atoms with E-state index in [9.17, 15) is 0 Å². The van der Waals surface area contributed by atoms with Crippen molar-refractivity contribution in [3.8, 4) is 0 Å². The first-order chi connectivity index (χ1) is 9.85. The van der Waals surface area contributed by atoms with Crippen LogP contribution in [-0.4, -0.2) is 23.4 Å². The van der Waals surface area contributed by atoms with E-state index in [1.165, 1.54) is 69.8 Å². The second-order valence-electron chi connectivity index (χ2n) is 5.78. The second-order valence-corrected chi connectivity index (χ2v) is 5.78. The zero-order valence-electron chi connectivity index (χ0n) is 13.6. The van der Waals surface area contributed by atoms with Gasteiger partial charge in [-0.25, -0.2) is 0 Å². The van der Waals surface area contributed by atoms with E-state index in [0.29, 0.717) is 0 Å². The molecule has 0 radical (unpaired) electrons. The van der Waals surface area contributed by atoms with Crippen LogP contribution in [0.3, 0.4) is 0 Å². The molecule has 0 aliphatic carbocycles. The summed E-state index contributed by atoms with van der Waals surface area (Å²) in [5, 5.41) is 17.8. The largest absolute Gasteiger partial charge is 0.396 e. The van der Waals surface area contributed by atoms with E-state index in [-0.39, 0.29) is 13.2 Å². The van der Waals surface area contributed by atoms with Gasteiger partial charge >= 0.3 is 0 Å². The molecule has 0 heterocycles. The Labute approximate surface area is 126 Å². The van der Waals surface area contributed by atoms with Gasteiger partial charge in [-0.05, 0) is 25.7 Å². The molecule has 0 aromatic carbocycles. The normalized spacial score (nSPS) is 12.1. The van der Waals surface area contributed by atoms with Gasteiger partial charge in [0.05, 0.1) is 0 Å². The van der Waals surface area contributed by atoms with Gasteiger partial charge in [-0.3, -0.25) is 0 Å². The fourth-order valence-electron chi connectivity index (χ4n) is 2.58. The minimum absolute atomic E-state index is 0.215. The number of unbranched alkanes of at least 4 members (excludes halogenated alkanes) is 9. The van der Waals surface area contributed by atoms with Gasteiger partial charge in [0.1, 0.15) is 0 Å². The zero-order chi connectivity index (χ0) is 14.9. The van der Waals surface area contributed by atoms with Crippen LogP contribution in [0.5, 0.6) is 0 Å². The molecule has 0 aromatic heterocycles. The molecule has 120 valence electrons. The Hall–Kier alpha value is -0.340. The fraction of sp³-hybridized carbons (Fsp3) is 0.889. The van der Waals surface area contributed by atoms with Crippen LogP contribution >= 0.6 is 0 Å². The van der Waals surface area contributed by atoms with Crippen molar-refractivity contribution in [2.75, 3.05) is 13.2 Å². The maximum absolute atomic E-state index is 8.99. The van der Waals surface area contributed by atoms with Crippen molar-refractivity contribution in [2.24, 2.45) is 0 Å². The molecule has 2 heteroatoms. The van der Waals surface area contributed by atoms with Crippen LogP contribution in [0.4, 0.5) is 0 Å². The first kappa shape index (κ1) is 19.7. The molecule has 0 saturated heterocycles. The van der Waals surface area contributed by atoms with Crippen LogP contribution in [0.2, 0.25) is 0 Å². The molecule has 2 nitrogen and oxygen atoms in total. The summed E-state index contributed by atoms with van der Waals surface area (Å²) in [6, 6.07) is 0. The highest BCUT2D eigenvalue weighted by Crippen LogP contribution is 2.15. The van der Waals surface area contributed by atoms with Crippen molar-refractivity contribution in [1.82, 2.24) is 0 Å².